The second kappa shape index (κ2) is 10.7. The first-order valence-electron chi connectivity index (χ1n) is 11.3. The van der Waals surface area contributed by atoms with Crippen LogP contribution in [-0.4, -0.2) is 28.3 Å². The van der Waals surface area contributed by atoms with Gasteiger partial charge >= 0.3 is 0 Å². The third-order valence-corrected chi connectivity index (χ3v) is 6.27. The number of hydrogen-bond donors (Lipinski definition) is 1. The first kappa shape index (κ1) is 23.8. The van der Waals surface area contributed by atoms with Crippen LogP contribution in [0.5, 0.6) is 5.75 Å². The van der Waals surface area contributed by atoms with Crippen LogP contribution in [0.25, 0.3) is 5.76 Å². The van der Waals surface area contributed by atoms with Gasteiger partial charge in [-0.1, -0.05) is 83.9 Å². The fraction of sp³-hybridized carbons (Fsp3) is 0.214. The first-order chi connectivity index (χ1) is 16.5. The van der Waals surface area contributed by atoms with Gasteiger partial charge in [0.2, 0.25) is 0 Å². The molecule has 0 bridgehead atoms. The van der Waals surface area contributed by atoms with Crippen molar-refractivity contribution >= 4 is 33.4 Å². The smallest absolute Gasteiger partial charge is 0.295 e. The third-order valence-electron chi connectivity index (χ3n) is 5.77. The van der Waals surface area contributed by atoms with Crippen molar-refractivity contribution in [2.24, 2.45) is 0 Å². The van der Waals surface area contributed by atoms with Crippen molar-refractivity contribution in [1.82, 2.24) is 4.90 Å². The van der Waals surface area contributed by atoms with Crippen LogP contribution < -0.4 is 4.74 Å². The lowest BCUT2D eigenvalue weighted by molar-refractivity contribution is -0.140. The van der Waals surface area contributed by atoms with Gasteiger partial charge < -0.3 is 14.7 Å². The molecule has 3 aromatic rings. The van der Waals surface area contributed by atoms with Gasteiger partial charge in [-0.05, 0) is 41.8 Å². The van der Waals surface area contributed by atoms with Gasteiger partial charge in [0.1, 0.15) is 11.5 Å². The van der Waals surface area contributed by atoms with Gasteiger partial charge in [-0.25, -0.2) is 0 Å². The van der Waals surface area contributed by atoms with E-state index in [1.54, 1.807) is 18.2 Å². The van der Waals surface area contributed by atoms with Crippen molar-refractivity contribution in [1.29, 1.82) is 0 Å². The van der Waals surface area contributed by atoms with E-state index in [0.29, 0.717) is 17.9 Å². The number of nitrogens with zero attached hydrogens (tertiary/aromatic N) is 1. The molecule has 1 heterocycles. The highest BCUT2D eigenvalue weighted by Crippen LogP contribution is 2.41. The van der Waals surface area contributed by atoms with Crippen LogP contribution in [0, 0.1) is 0 Å². The quantitative estimate of drug-likeness (QED) is 0.165. The zero-order valence-corrected chi connectivity index (χ0v) is 20.5. The van der Waals surface area contributed by atoms with Gasteiger partial charge in [0.15, 0.2) is 0 Å². The predicted molar refractivity (Wildman–Crippen MR) is 135 cm³/mol. The maximum Gasteiger partial charge on any atom is 0.295 e. The zero-order valence-electron chi connectivity index (χ0n) is 18.9. The Morgan fingerprint density at radius 3 is 2.50 bits per heavy atom. The number of benzene rings is 3. The summed E-state index contributed by atoms with van der Waals surface area (Å²) in [6.45, 7) is 2.90. The van der Waals surface area contributed by atoms with Crippen LogP contribution in [-0.2, 0) is 16.1 Å². The Balaban J connectivity index is 1.79. The standard InChI is InChI=1S/C28H26BrNO4/c1-2-3-15-34-23-14-8-12-21(17-23)26(31)24-25(20-11-7-13-22(29)16-20)30(28(33)27(24)32)18-19-9-5-4-6-10-19/h4-14,16-17,25,31H,2-3,15,18H2,1H3. The molecule has 1 amide bonds. The molecule has 3 aromatic carbocycles. The lowest BCUT2D eigenvalue weighted by Gasteiger charge is -2.25. The second-order valence-electron chi connectivity index (χ2n) is 8.20. The van der Waals surface area contributed by atoms with E-state index in [1.165, 1.54) is 4.90 Å². The van der Waals surface area contributed by atoms with Crippen LogP contribution in [0.15, 0.2) is 88.9 Å². The van der Waals surface area contributed by atoms with Crippen molar-refractivity contribution in [2.45, 2.75) is 32.4 Å². The summed E-state index contributed by atoms with van der Waals surface area (Å²) in [6.07, 6.45) is 1.93. The summed E-state index contributed by atoms with van der Waals surface area (Å²) in [7, 11) is 0. The maximum atomic E-state index is 13.2. The highest BCUT2D eigenvalue weighted by molar-refractivity contribution is 9.10. The van der Waals surface area contributed by atoms with Crippen LogP contribution >= 0.6 is 15.9 Å². The number of ether oxygens (including phenoxy) is 1. The molecule has 0 radical (unpaired) electrons. The van der Waals surface area contributed by atoms with Crippen LogP contribution in [0.4, 0.5) is 0 Å². The molecule has 174 valence electrons. The van der Waals surface area contributed by atoms with Gasteiger partial charge in [0.25, 0.3) is 11.7 Å². The monoisotopic (exact) mass is 519 g/mol. The molecular formula is C28H26BrNO4. The lowest BCUT2D eigenvalue weighted by atomic mass is 9.95. The lowest BCUT2D eigenvalue weighted by Crippen LogP contribution is -2.29. The number of halogens is 1. The Labute approximate surface area is 207 Å². The van der Waals surface area contributed by atoms with Crippen LogP contribution in [0.2, 0.25) is 0 Å². The highest BCUT2D eigenvalue weighted by atomic mass is 79.9. The maximum absolute atomic E-state index is 13.2. The molecule has 4 rings (SSSR count). The van der Waals surface area contributed by atoms with E-state index in [-0.39, 0.29) is 17.9 Å². The van der Waals surface area contributed by atoms with E-state index in [0.717, 1.165) is 28.4 Å². The minimum absolute atomic E-state index is 0.0738. The van der Waals surface area contributed by atoms with Crippen molar-refractivity contribution in [3.05, 3.63) is 106 Å². The fourth-order valence-electron chi connectivity index (χ4n) is 4.07. The van der Waals surface area contributed by atoms with E-state index >= 15 is 0 Å². The minimum atomic E-state index is -0.720. The summed E-state index contributed by atoms with van der Waals surface area (Å²) >= 11 is 3.48. The van der Waals surface area contributed by atoms with Gasteiger partial charge in [0, 0.05) is 16.6 Å². The van der Waals surface area contributed by atoms with Gasteiger partial charge in [-0.15, -0.1) is 0 Å². The molecule has 0 spiro atoms. The number of amides is 1. The summed E-state index contributed by atoms with van der Waals surface area (Å²) in [4.78, 5) is 27.9. The predicted octanol–water partition coefficient (Wildman–Crippen LogP) is 6.25. The Bertz CT molecular complexity index is 1220. The molecule has 6 heteroatoms. The SMILES string of the molecule is CCCCOc1cccc(C(O)=C2C(=O)C(=O)N(Cc3ccccc3)C2c2cccc(Br)c2)c1. The summed E-state index contributed by atoms with van der Waals surface area (Å²) in [5.74, 6) is -0.934. The number of aliphatic hydroxyl groups is 1. The number of hydrogen-bond acceptors (Lipinski definition) is 4. The van der Waals surface area contributed by atoms with Gasteiger partial charge in [0.05, 0.1) is 18.2 Å². The molecule has 5 nitrogen and oxygen atoms in total. The number of carbonyl (C=O) groups is 2. The summed E-state index contributed by atoms with van der Waals surface area (Å²) in [6, 6.07) is 23.2. The van der Waals surface area contributed by atoms with Crippen molar-refractivity contribution in [3.63, 3.8) is 0 Å². The van der Waals surface area contributed by atoms with Gasteiger partial charge in [-0.2, -0.15) is 0 Å². The van der Waals surface area contributed by atoms with E-state index < -0.39 is 17.7 Å². The van der Waals surface area contributed by atoms with Crippen molar-refractivity contribution < 1.29 is 19.4 Å². The number of unbranched alkanes of at least 4 members (excludes halogenated alkanes) is 1. The normalized spacial score (nSPS) is 17.2. The molecule has 1 atom stereocenters. The van der Waals surface area contributed by atoms with E-state index in [4.69, 9.17) is 4.74 Å². The Kier molecular flexibility index (Phi) is 7.48. The number of rotatable bonds is 8. The molecule has 1 fully saturated rings. The molecular weight excluding hydrogens is 494 g/mol. The Morgan fingerprint density at radius 1 is 1.00 bits per heavy atom. The molecule has 34 heavy (non-hydrogen) atoms. The van der Waals surface area contributed by atoms with Crippen molar-refractivity contribution in [3.8, 4) is 5.75 Å². The molecule has 1 aliphatic heterocycles. The number of carbonyl (C=O) groups excluding carboxylic acids is 2. The molecule has 0 aromatic heterocycles. The van der Waals surface area contributed by atoms with E-state index in [9.17, 15) is 14.7 Å². The first-order valence-corrected chi connectivity index (χ1v) is 12.1. The highest BCUT2D eigenvalue weighted by Gasteiger charge is 2.46. The number of aliphatic hydroxyl groups excluding tert-OH is 1. The average molecular weight is 520 g/mol. The van der Waals surface area contributed by atoms with Crippen LogP contribution in [0.1, 0.15) is 42.5 Å². The molecule has 0 aliphatic carbocycles. The van der Waals surface area contributed by atoms with E-state index in [2.05, 4.69) is 22.9 Å². The van der Waals surface area contributed by atoms with Gasteiger partial charge in [-0.3, -0.25) is 9.59 Å². The summed E-state index contributed by atoms with van der Waals surface area (Å²) < 4.78 is 6.59. The van der Waals surface area contributed by atoms with Crippen molar-refractivity contribution in [2.75, 3.05) is 6.61 Å². The molecule has 1 saturated heterocycles. The topological polar surface area (TPSA) is 66.8 Å². The second-order valence-corrected chi connectivity index (χ2v) is 9.11. The average Bonchev–Trinajstić information content (AvgIpc) is 3.09. The Hall–Kier alpha value is -3.38. The fourth-order valence-corrected chi connectivity index (χ4v) is 4.49. The summed E-state index contributed by atoms with van der Waals surface area (Å²) in [5.41, 5.74) is 2.15. The third kappa shape index (κ3) is 5.07. The number of ketones is 1. The summed E-state index contributed by atoms with van der Waals surface area (Å²) in [5, 5.41) is 11.3. The molecule has 1 N–H and O–H groups in total. The number of Topliss-reactive ketones (excluding diaryl/α,β-unsaturated/α-hetero) is 1. The minimum Gasteiger partial charge on any atom is -0.507 e. The molecule has 1 aliphatic rings. The molecule has 0 saturated carbocycles. The number of likely N-dealkylation sites (tertiary alicyclic amines) is 1. The molecule has 1 unspecified atom stereocenters. The van der Waals surface area contributed by atoms with E-state index in [1.807, 2.05) is 60.7 Å². The van der Waals surface area contributed by atoms with Crippen LogP contribution in [0.3, 0.4) is 0 Å². The Morgan fingerprint density at radius 2 is 1.76 bits per heavy atom. The zero-order chi connectivity index (χ0) is 24.1. The largest absolute Gasteiger partial charge is 0.507 e.